The normalized spacial score (nSPS) is 21.0. The van der Waals surface area contributed by atoms with E-state index in [1.165, 1.54) is 19.3 Å². The standard InChI is InChI=1S/C10H21NO/c1-8(10(2,3)12)11-7-6-9-4-5-9/h8-9,11-12H,4-7H2,1-3H3. The van der Waals surface area contributed by atoms with Gasteiger partial charge in [-0.25, -0.2) is 0 Å². The van der Waals surface area contributed by atoms with Crippen LogP contribution >= 0.6 is 0 Å². The predicted molar refractivity (Wildman–Crippen MR) is 51.1 cm³/mol. The van der Waals surface area contributed by atoms with E-state index in [2.05, 4.69) is 5.32 Å². The maximum Gasteiger partial charge on any atom is 0.0741 e. The quantitative estimate of drug-likeness (QED) is 0.657. The number of hydrogen-bond donors (Lipinski definition) is 2. The Bertz CT molecular complexity index is 135. The van der Waals surface area contributed by atoms with Gasteiger partial charge in [-0.05, 0) is 39.7 Å². The number of nitrogens with one attached hydrogen (secondary N) is 1. The van der Waals surface area contributed by atoms with Crippen molar-refractivity contribution in [2.45, 2.75) is 51.7 Å². The second-order valence-corrected chi connectivity index (χ2v) is 4.56. The monoisotopic (exact) mass is 171 g/mol. The lowest BCUT2D eigenvalue weighted by atomic mass is 10.0. The van der Waals surface area contributed by atoms with Crippen molar-refractivity contribution < 1.29 is 5.11 Å². The van der Waals surface area contributed by atoms with Crippen LogP contribution in [0, 0.1) is 5.92 Å². The van der Waals surface area contributed by atoms with Gasteiger partial charge in [0.15, 0.2) is 0 Å². The Morgan fingerprint density at radius 1 is 1.50 bits per heavy atom. The van der Waals surface area contributed by atoms with Gasteiger partial charge in [0.25, 0.3) is 0 Å². The van der Waals surface area contributed by atoms with Crippen molar-refractivity contribution in [1.82, 2.24) is 5.32 Å². The minimum Gasteiger partial charge on any atom is -0.389 e. The molecule has 1 atom stereocenters. The van der Waals surface area contributed by atoms with Gasteiger partial charge < -0.3 is 10.4 Å². The Morgan fingerprint density at radius 3 is 2.50 bits per heavy atom. The van der Waals surface area contributed by atoms with Crippen LogP contribution in [0.25, 0.3) is 0 Å². The lowest BCUT2D eigenvalue weighted by Crippen LogP contribution is -2.44. The molecule has 12 heavy (non-hydrogen) atoms. The highest BCUT2D eigenvalue weighted by molar-refractivity contribution is 4.81. The van der Waals surface area contributed by atoms with Crippen LogP contribution in [-0.2, 0) is 0 Å². The van der Waals surface area contributed by atoms with Gasteiger partial charge in [-0.3, -0.25) is 0 Å². The summed E-state index contributed by atoms with van der Waals surface area (Å²) < 4.78 is 0. The molecule has 2 nitrogen and oxygen atoms in total. The Kier molecular flexibility index (Phi) is 3.13. The molecule has 1 rings (SSSR count). The Balaban J connectivity index is 2.04. The second-order valence-electron chi connectivity index (χ2n) is 4.56. The van der Waals surface area contributed by atoms with E-state index in [0.29, 0.717) is 0 Å². The molecule has 2 N–H and O–H groups in total. The molecule has 0 radical (unpaired) electrons. The molecule has 0 aromatic rings. The van der Waals surface area contributed by atoms with E-state index in [1.807, 2.05) is 20.8 Å². The smallest absolute Gasteiger partial charge is 0.0741 e. The van der Waals surface area contributed by atoms with Crippen LogP contribution in [0.15, 0.2) is 0 Å². The van der Waals surface area contributed by atoms with Crippen molar-refractivity contribution in [2.75, 3.05) is 6.54 Å². The zero-order chi connectivity index (χ0) is 9.19. The molecule has 1 saturated carbocycles. The summed E-state index contributed by atoms with van der Waals surface area (Å²) >= 11 is 0. The summed E-state index contributed by atoms with van der Waals surface area (Å²) in [5.74, 6) is 0.978. The number of aliphatic hydroxyl groups is 1. The van der Waals surface area contributed by atoms with Crippen molar-refractivity contribution in [3.05, 3.63) is 0 Å². The first-order valence-corrected chi connectivity index (χ1v) is 4.96. The third-order valence-electron chi connectivity index (χ3n) is 2.76. The van der Waals surface area contributed by atoms with Crippen LogP contribution < -0.4 is 5.32 Å². The number of rotatable bonds is 5. The van der Waals surface area contributed by atoms with Crippen molar-refractivity contribution in [3.8, 4) is 0 Å². The van der Waals surface area contributed by atoms with Gasteiger partial charge >= 0.3 is 0 Å². The molecule has 0 aromatic carbocycles. The van der Waals surface area contributed by atoms with E-state index >= 15 is 0 Å². The van der Waals surface area contributed by atoms with Crippen LogP contribution in [-0.4, -0.2) is 23.3 Å². The zero-order valence-electron chi connectivity index (χ0n) is 8.43. The summed E-state index contributed by atoms with van der Waals surface area (Å²) in [7, 11) is 0. The lowest BCUT2D eigenvalue weighted by molar-refractivity contribution is 0.0442. The third-order valence-corrected chi connectivity index (χ3v) is 2.76. The molecular weight excluding hydrogens is 150 g/mol. The van der Waals surface area contributed by atoms with Gasteiger partial charge in [0.1, 0.15) is 0 Å². The van der Waals surface area contributed by atoms with Gasteiger partial charge in [0.2, 0.25) is 0 Å². The van der Waals surface area contributed by atoms with Crippen LogP contribution in [0.3, 0.4) is 0 Å². The molecule has 1 aliphatic carbocycles. The maximum atomic E-state index is 9.60. The molecular formula is C10H21NO. The fourth-order valence-electron chi connectivity index (χ4n) is 1.16. The molecule has 0 spiro atoms. The molecule has 0 heterocycles. The highest BCUT2D eigenvalue weighted by Gasteiger charge is 2.24. The van der Waals surface area contributed by atoms with E-state index in [1.54, 1.807) is 0 Å². The maximum absolute atomic E-state index is 9.60. The molecule has 0 amide bonds. The average Bonchev–Trinajstić information content (AvgIpc) is 2.69. The first kappa shape index (κ1) is 10.0. The van der Waals surface area contributed by atoms with Crippen molar-refractivity contribution in [3.63, 3.8) is 0 Å². The SMILES string of the molecule is CC(NCCC1CC1)C(C)(C)O. The zero-order valence-corrected chi connectivity index (χ0v) is 8.43. The Labute approximate surface area is 75.4 Å². The Hall–Kier alpha value is -0.0800. The Morgan fingerprint density at radius 2 is 2.08 bits per heavy atom. The summed E-state index contributed by atoms with van der Waals surface area (Å²) in [6.07, 6.45) is 4.11. The van der Waals surface area contributed by atoms with E-state index in [9.17, 15) is 5.11 Å². The minimum absolute atomic E-state index is 0.191. The fourth-order valence-corrected chi connectivity index (χ4v) is 1.16. The largest absolute Gasteiger partial charge is 0.389 e. The summed E-state index contributed by atoms with van der Waals surface area (Å²) in [5.41, 5.74) is -0.594. The van der Waals surface area contributed by atoms with Crippen LogP contribution in [0.5, 0.6) is 0 Å². The van der Waals surface area contributed by atoms with Crippen molar-refractivity contribution >= 4 is 0 Å². The van der Waals surface area contributed by atoms with Gasteiger partial charge in [-0.15, -0.1) is 0 Å². The lowest BCUT2D eigenvalue weighted by Gasteiger charge is -2.26. The molecule has 2 heteroatoms. The molecule has 0 aliphatic heterocycles. The molecule has 1 fully saturated rings. The van der Waals surface area contributed by atoms with Gasteiger partial charge in [0, 0.05) is 6.04 Å². The first-order valence-electron chi connectivity index (χ1n) is 4.96. The van der Waals surface area contributed by atoms with Gasteiger partial charge in [0.05, 0.1) is 5.60 Å². The summed E-state index contributed by atoms with van der Waals surface area (Å²) in [6.45, 7) is 6.78. The second kappa shape index (κ2) is 3.75. The van der Waals surface area contributed by atoms with Gasteiger partial charge in [-0.1, -0.05) is 12.8 Å². The van der Waals surface area contributed by atoms with Crippen molar-refractivity contribution in [2.24, 2.45) is 5.92 Å². The van der Waals surface area contributed by atoms with Crippen LogP contribution in [0.1, 0.15) is 40.0 Å². The summed E-state index contributed by atoms with van der Waals surface area (Å²) in [6, 6.07) is 0.191. The molecule has 0 saturated heterocycles. The van der Waals surface area contributed by atoms with E-state index in [-0.39, 0.29) is 6.04 Å². The summed E-state index contributed by atoms with van der Waals surface area (Å²) in [4.78, 5) is 0. The van der Waals surface area contributed by atoms with Gasteiger partial charge in [-0.2, -0.15) is 0 Å². The topological polar surface area (TPSA) is 32.3 Å². The van der Waals surface area contributed by atoms with E-state index < -0.39 is 5.60 Å². The highest BCUT2D eigenvalue weighted by Crippen LogP contribution is 2.31. The fraction of sp³-hybridized carbons (Fsp3) is 1.00. The number of hydrogen-bond acceptors (Lipinski definition) is 2. The minimum atomic E-state index is -0.594. The highest BCUT2D eigenvalue weighted by atomic mass is 16.3. The molecule has 72 valence electrons. The predicted octanol–water partition coefficient (Wildman–Crippen LogP) is 1.54. The van der Waals surface area contributed by atoms with Crippen molar-refractivity contribution in [1.29, 1.82) is 0 Å². The summed E-state index contributed by atoms with van der Waals surface area (Å²) in [5, 5.41) is 12.9. The first-order chi connectivity index (χ1) is 5.50. The van der Waals surface area contributed by atoms with Crippen LogP contribution in [0.2, 0.25) is 0 Å². The molecule has 1 unspecified atom stereocenters. The van der Waals surface area contributed by atoms with E-state index in [4.69, 9.17) is 0 Å². The molecule has 0 bridgehead atoms. The molecule has 0 aromatic heterocycles. The average molecular weight is 171 g/mol. The van der Waals surface area contributed by atoms with E-state index in [0.717, 1.165) is 12.5 Å². The van der Waals surface area contributed by atoms with Crippen LogP contribution in [0.4, 0.5) is 0 Å². The molecule has 1 aliphatic rings. The third kappa shape index (κ3) is 3.55.